The third-order valence-corrected chi connectivity index (χ3v) is 25.3. The van der Waals surface area contributed by atoms with Gasteiger partial charge in [0.25, 0.3) is 0 Å². The molecule has 46 heavy (non-hydrogen) atoms. The van der Waals surface area contributed by atoms with E-state index in [-0.39, 0.29) is 45.0 Å². The van der Waals surface area contributed by atoms with Crippen LogP contribution in [-0.2, 0) is 29.4 Å². The Morgan fingerprint density at radius 3 is 1.46 bits per heavy atom. The first kappa shape index (κ1) is 39.7. The van der Waals surface area contributed by atoms with Gasteiger partial charge >= 0.3 is 0 Å². The summed E-state index contributed by atoms with van der Waals surface area (Å²) >= 11 is 1.73. The molecule has 5 atom stereocenters. The number of rotatable bonds is 12. The number of thioether (sulfide) groups is 1. The van der Waals surface area contributed by atoms with Gasteiger partial charge < -0.3 is 22.8 Å². The number of hydrogen-bond donors (Lipinski definition) is 0. The maximum Gasteiger partial charge on any atom is 0.192 e. The molecule has 2 aromatic rings. The summed E-state index contributed by atoms with van der Waals surface area (Å²) in [6.45, 7) is 35.6. The van der Waals surface area contributed by atoms with Gasteiger partial charge in [0.15, 0.2) is 25.0 Å². The summed E-state index contributed by atoms with van der Waals surface area (Å²) in [7, 11) is -6.82. The molecular formula is C37H64O5SSi3. The molecule has 1 aliphatic heterocycles. The lowest BCUT2D eigenvalue weighted by atomic mass is 10.0. The van der Waals surface area contributed by atoms with Crippen molar-refractivity contribution in [1.29, 1.82) is 0 Å². The van der Waals surface area contributed by atoms with E-state index in [1.165, 1.54) is 0 Å². The molecule has 0 spiro atoms. The molecular weight excluding hydrogens is 641 g/mol. The highest BCUT2D eigenvalue weighted by atomic mass is 32.2. The lowest BCUT2D eigenvalue weighted by molar-refractivity contribution is -0.198. The van der Waals surface area contributed by atoms with Crippen LogP contribution in [0.15, 0.2) is 65.6 Å². The lowest BCUT2D eigenvalue weighted by Crippen LogP contribution is -2.67. The van der Waals surface area contributed by atoms with Crippen molar-refractivity contribution in [2.24, 2.45) is 0 Å². The third-order valence-electron chi connectivity index (χ3n) is 10.7. The zero-order valence-corrected chi connectivity index (χ0v) is 35.3. The van der Waals surface area contributed by atoms with E-state index in [4.69, 9.17) is 22.8 Å². The average molecular weight is 705 g/mol. The standard InChI is InChI=1S/C37H64O5SSi3/c1-35(2,3)44(10,11)40-31-30(27-38-26-28-22-18-16-19-23-28)39-34(43-29-24-20-17-21-25-29)33(42-46(14,15)37(7,8)9)32(31)41-45(12,13)36(4,5)6/h16-25,30-34H,26-27H2,1-15H3/t30?,31-,32?,33?,34-/m0/s1. The molecule has 5 nitrogen and oxygen atoms in total. The number of ether oxygens (including phenoxy) is 2. The molecule has 3 unspecified atom stereocenters. The zero-order chi connectivity index (χ0) is 34.8. The van der Waals surface area contributed by atoms with Crippen molar-refractivity contribution in [1.82, 2.24) is 0 Å². The molecule has 0 saturated carbocycles. The van der Waals surface area contributed by atoms with Gasteiger partial charge in [0, 0.05) is 4.90 Å². The van der Waals surface area contributed by atoms with Gasteiger partial charge in [-0.25, -0.2) is 0 Å². The molecule has 260 valence electrons. The maximum atomic E-state index is 7.53. The Morgan fingerprint density at radius 1 is 0.587 bits per heavy atom. The molecule has 3 rings (SSSR count). The third kappa shape index (κ3) is 10.1. The molecule has 1 fully saturated rings. The number of hydrogen-bond acceptors (Lipinski definition) is 6. The second-order valence-corrected chi connectivity index (χ2v) is 32.9. The SMILES string of the molecule is CC(C)(C)[Si](C)(C)OC1C(O[Si](C)(C)C(C)(C)C)[C@H](Sc2ccccc2)OC(COCc2ccccc2)[C@@H]1O[Si](C)(C)C(C)(C)C. The van der Waals surface area contributed by atoms with Gasteiger partial charge in [0.1, 0.15) is 29.9 Å². The van der Waals surface area contributed by atoms with Crippen molar-refractivity contribution in [2.45, 2.75) is 158 Å². The summed E-state index contributed by atoms with van der Waals surface area (Å²) in [5.41, 5.74) is 0.847. The Balaban J connectivity index is 2.17. The molecule has 1 aliphatic rings. The molecule has 0 aromatic heterocycles. The van der Waals surface area contributed by atoms with Crippen molar-refractivity contribution in [3.8, 4) is 0 Å². The lowest BCUT2D eigenvalue weighted by Gasteiger charge is -2.54. The van der Waals surface area contributed by atoms with Gasteiger partial charge in [-0.3, -0.25) is 0 Å². The van der Waals surface area contributed by atoms with Crippen LogP contribution in [0, 0.1) is 0 Å². The van der Waals surface area contributed by atoms with Crippen LogP contribution in [0.1, 0.15) is 67.9 Å². The van der Waals surface area contributed by atoms with Crippen LogP contribution in [-0.4, -0.2) is 61.4 Å². The summed E-state index contributed by atoms with van der Waals surface area (Å²) < 4.78 is 36.0. The maximum absolute atomic E-state index is 7.53. The second kappa shape index (κ2) is 15.0. The summed E-state index contributed by atoms with van der Waals surface area (Å²) in [6, 6.07) is 20.9. The fourth-order valence-corrected chi connectivity index (χ4v) is 9.70. The van der Waals surface area contributed by atoms with Gasteiger partial charge in [0.2, 0.25) is 0 Å². The molecule has 2 aromatic carbocycles. The highest BCUT2D eigenvalue weighted by molar-refractivity contribution is 7.99. The molecule has 0 radical (unpaired) electrons. The first-order valence-electron chi connectivity index (χ1n) is 17.0. The van der Waals surface area contributed by atoms with E-state index in [0.717, 1.165) is 10.5 Å². The van der Waals surface area contributed by atoms with E-state index < -0.39 is 25.0 Å². The van der Waals surface area contributed by atoms with Crippen LogP contribution in [0.3, 0.4) is 0 Å². The molecule has 0 aliphatic carbocycles. The van der Waals surface area contributed by atoms with E-state index in [9.17, 15) is 0 Å². The van der Waals surface area contributed by atoms with Gasteiger partial charge in [-0.15, -0.1) is 0 Å². The summed E-state index contributed by atoms with van der Waals surface area (Å²) in [5, 5.41) is 0.0348. The van der Waals surface area contributed by atoms with E-state index in [1.807, 2.05) is 6.07 Å². The van der Waals surface area contributed by atoms with Crippen molar-refractivity contribution < 1.29 is 22.8 Å². The first-order chi connectivity index (χ1) is 21.0. The minimum atomic E-state index is -2.29. The fourth-order valence-electron chi connectivity index (χ4n) is 4.56. The Bertz CT molecular complexity index is 1220. The first-order valence-corrected chi connectivity index (χ1v) is 26.6. The summed E-state index contributed by atoms with van der Waals surface area (Å²) in [5.74, 6) is 0. The van der Waals surface area contributed by atoms with Crippen molar-refractivity contribution in [3.63, 3.8) is 0 Å². The van der Waals surface area contributed by atoms with Gasteiger partial charge in [-0.1, -0.05) is 123 Å². The topological polar surface area (TPSA) is 46.2 Å². The second-order valence-electron chi connectivity index (χ2n) is 17.5. The minimum absolute atomic E-state index is 0.00932. The Morgan fingerprint density at radius 2 is 1.00 bits per heavy atom. The molecule has 1 heterocycles. The molecule has 0 bridgehead atoms. The predicted molar refractivity (Wildman–Crippen MR) is 203 cm³/mol. The van der Waals surface area contributed by atoms with Crippen LogP contribution in [0.2, 0.25) is 54.4 Å². The summed E-state index contributed by atoms with van der Waals surface area (Å²) in [4.78, 5) is 1.15. The average Bonchev–Trinajstić information content (AvgIpc) is 2.91. The zero-order valence-electron chi connectivity index (χ0n) is 31.5. The molecule has 0 amide bonds. The Labute approximate surface area is 289 Å². The quantitative estimate of drug-likeness (QED) is 0.205. The van der Waals surface area contributed by atoms with E-state index in [0.29, 0.717) is 13.2 Å². The van der Waals surface area contributed by atoms with Crippen LogP contribution in [0.25, 0.3) is 0 Å². The van der Waals surface area contributed by atoms with Crippen molar-refractivity contribution in [2.75, 3.05) is 6.61 Å². The van der Waals surface area contributed by atoms with E-state index >= 15 is 0 Å². The minimum Gasteiger partial charge on any atom is -0.408 e. The van der Waals surface area contributed by atoms with E-state index in [1.54, 1.807) is 11.8 Å². The van der Waals surface area contributed by atoms with Gasteiger partial charge in [0.05, 0.1) is 13.2 Å². The predicted octanol–water partition coefficient (Wildman–Crippen LogP) is 10.9. The Hall–Kier alpha value is -0.759. The summed E-state index contributed by atoms with van der Waals surface area (Å²) in [6.07, 6.45) is -1.30. The van der Waals surface area contributed by atoms with Crippen LogP contribution in [0.4, 0.5) is 0 Å². The normalized spacial score (nSPS) is 23.8. The smallest absolute Gasteiger partial charge is 0.192 e. The van der Waals surface area contributed by atoms with Crippen LogP contribution >= 0.6 is 11.8 Å². The Kier molecular flexibility index (Phi) is 12.9. The van der Waals surface area contributed by atoms with Crippen LogP contribution in [0.5, 0.6) is 0 Å². The van der Waals surface area contributed by atoms with Crippen LogP contribution < -0.4 is 0 Å². The highest BCUT2D eigenvalue weighted by Crippen LogP contribution is 2.48. The van der Waals surface area contributed by atoms with E-state index in [2.05, 4.69) is 156 Å². The molecule has 0 N–H and O–H groups in total. The van der Waals surface area contributed by atoms with Gasteiger partial charge in [-0.2, -0.15) is 0 Å². The molecule has 1 saturated heterocycles. The van der Waals surface area contributed by atoms with Crippen molar-refractivity contribution >= 4 is 36.7 Å². The number of benzene rings is 2. The highest BCUT2D eigenvalue weighted by Gasteiger charge is 2.56. The van der Waals surface area contributed by atoms with Gasteiger partial charge in [-0.05, 0) is 72.1 Å². The largest absolute Gasteiger partial charge is 0.408 e. The molecule has 9 heteroatoms. The fraction of sp³-hybridized carbons (Fsp3) is 0.676. The van der Waals surface area contributed by atoms with Crippen molar-refractivity contribution in [3.05, 3.63) is 66.2 Å². The monoisotopic (exact) mass is 704 g/mol.